The predicted octanol–water partition coefficient (Wildman–Crippen LogP) is 0.248. The van der Waals surface area contributed by atoms with Crippen LogP contribution in [0, 0.1) is 6.92 Å². The Kier molecular flexibility index (Phi) is 3.50. The molecule has 4 N–H and O–H groups in total. The second-order valence-electron chi connectivity index (χ2n) is 3.89. The molecule has 0 spiro atoms. The molecule has 0 aromatic carbocycles. The lowest BCUT2D eigenvalue weighted by molar-refractivity contribution is 0.402. The van der Waals surface area contributed by atoms with Gasteiger partial charge in [-0.05, 0) is 19.1 Å². The Labute approximate surface area is 104 Å². The quantitative estimate of drug-likeness (QED) is 0.720. The first-order chi connectivity index (χ1) is 8.47. The molecule has 0 radical (unpaired) electrons. The molecule has 0 bridgehead atoms. The number of H-pyrrole nitrogens is 1. The molecule has 2 heterocycles. The molecule has 0 saturated heterocycles. The highest BCUT2D eigenvalue weighted by Crippen LogP contribution is 2.12. The second-order valence-corrected chi connectivity index (χ2v) is 5.38. The van der Waals surface area contributed by atoms with Crippen LogP contribution in [0.5, 0.6) is 0 Å². The van der Waals surface area contributed by atoms with Crippen molar-refractivity contribution in [2.45, 2.75) is 25.1 Å². The van der Waals surface area contributed by atoms with E-state index in [2.05, 4.69) is 15.5 Å². The van der Waals surface area contributed by atoms with E-state index in [0.29, 0.717) is 18.8 Å². The fraction of sp³-hybridized carbons (Fsp3) is 0.300. The third kappa shape index (κ3) is 2.97. The van der Waals surface area contributed by atoms with Crippen LogP contribution in [0.15, 0.2) is 27.8 Å². The van der Waals surface area contributed by atoms with Crippen molar-refractivity contribution < 1.29 is 12.8 Å². The summed E-state index contributed by atoms with van der Waals surface area (Å²) in [6.45, 7) is 2.96. The molecule has 0 saturated carbocycles. The largest absolute Gasteiger partial charge is 0.447 e. The summed E-state index contributed by atoms with van der Waals surface area (Å²) in [5, 5.41) is 14.6. The molecule has 98 valence electrons. The molecule has 0 amide bonds. The van der Waals surface area contributed by atoms with Gasteiger partial charge in [-0.2, -0.15) is 5.10 Å². The molecular formula is C10H14N4O3S. The van der Waals surface area contributed by atoms with E-state index in [1.165, 1.54) is 6.07 Å². The van der Waals surface area contributed by atoms with E-state index in [4.69, 9.17) is 9.56 Å². The van der Waals surface area contributed by atoms with Crippen molar-refractivity contribution in [3.05, 3.63) is 35.3 Å². The minimum atomic E-state index is -3.77. The van der Waals surface area contributed by atoms with Gasteiger partial charge in [-0.25, -0.2) is 13.6 Å². The Hall–Kier alpha value is -1.64. The van der Waals surface area contributed by atoms with Crippen molar-refractivity contribution in [2.24, 2.45) is 5.14 Å². The molecule has 0 unspecified atom stereocenters. The van der Waals surface area contributed by atoms with E-state index in [0.717, 1.165) is 11.3 Å². The molecule has 8 heteroatoms. The van der Waals surface area contributed by atoms with Crippen molar-refractivity contribution in [2.75, 3.05) is 0 Å². The molecule has 0 fully saturated rings. The topological polar surface area (TPSA) is 114 Å². The van der Waals surface area contributed by atoms with Crippen molar-refractivity contribution in [1.82, 2.24) is 15.5 Å². The number of rotatable bonds is 5. The highest BCUT2D eigenvalue weighted by molar-refractivity contribution is 7.89. The molecular weight excluding hydrogens is 256 g/mol. The molecule has 18 heavy (non-hydrogen) atoms. The molecule has 0 aliphatic rings. The first-order valence-corrected chi connectivity index (χ1v) is 6.82. The Morgan fingerprint density at radius 2 is 2.22 bits per heavy atom. The van der Waals surface area contributed by atoms with E-state index >= 15 is 0 Å². The van der Waals surface area contributed by atoms with Crippen LogP contribution in [0.3, 0.4) is 0 Å². The fourth-order valence-corrected chi connectivity index (χ4v) is 1.96. The summed E-state index contributed by atoms with van der Waals surface area (Å²) in [4.78, 5) is 0. The van der Waals surface area contributed by atoms with Crippen molar-refractivity contribution in [1.29, 1.82) is 0 Å². The van der Waals surface area contributed by atoms with Gasteiger partial charge in [0.05, 0.1) is 12.7 Å². The Morgan fingerprint density at radius 3 is 2.78 bits per heavy atom. The van der Waals surface area contributed by atoms with Crippen LogP contribution in [0.1, 0.15) is 17.0 Å². The first-order valence-electron chi connectivity index (χ1n) is 5.28. The number of aromatic amines is 1. The molecule has 0 aliphatic carbocycles. The zero-order valence-corrected chi connectivity index (χ0v) is 10.6. The monoisotopic (exact) mass is 270 g/mol. The predicted molar refractivity (Wildman–Crippen MR) is 63.9 cm³/mol. The van der Waals surface area contributed by atoms with Gasteiger partial charge < -0.3 is 9.73 Å². The first kappa shape index (κ1) is 12.8. The zero-order valence-electron chi connectivity index (χ0n) is 9.80. The molecule has 0 atom stereocenters. The van der Waals surface area contributed by atoms with E-state index in [-0.39, 0.29) is 5.09 Å². The Morgan fingerprint density at radius 1 is 1.44 bits per heavy atom. The maximum absolute atomic E-state index is 11.0. The summed E-state index contributed by atoms with van der Waals surface area (Å²) in [6.07, 6.45) is 1.74. The summed E-state index contributed by atoms with van der Waals surface area (Å²) in [5.74, 6) is 0.514. The average Bonchev–Trinajstić information content (AvgIpc) is 2.88. The van der Waals surface area contributed by atoms with Gasteiger partial charge >= 0.3 is 0 Å². The van der Waals surface area contributed by atoms with E-state index in [1.807, 2.05) is 6.92 Å². The molecule has 2 rings (SSSR count). The van der Waals surface area contributed by atoms with Crippen LogP contribution in [-0.4, -0.2) is 18.6 Å². The molecule has 7 nitrogen and oxygen atoms in total. The second kappa shape index (κ2) is 4.92. The minimum absolute atomic E-state index is 0.223. The van der Waals surface area contributed by atoms with Crippen LogP contribution in [0.2, 0.25) is 0 Å². The Balaban J connectivity index is 1.92. The van der Waals surface area contributed by atoms with E-state index < -0.39 is 10.0 Å². The number of hydrogen-bond donors (Lipinski definition) is 3. The van der Waals surface area contributed by atoms with Crippen LogP contribution >= 0.6 is 0 Å². The van der Waals surface area contributed by atoms with Crippen LogP contribution in [0.25, 0.3) is 0 Å². The van der Waals surface area contributed by atoms with Crippen molar-refractivity contribution in [3.8, 4) is 0 Å². The van der Waals surface area contributed by atoms with Gasteiger partial charge in [-0.3, -0.25) is 5.10 Å². The molecule has 2 aromatic rings. The van der Waals surface area contributed by atoms with Gasteiger partial charge in [0.15, 0.2) is 0 Å². The number of hydrogen-bond acceptors (Lipinski definition) is 5. The highest BCUT2D eigenvalue weighted by Gasteiger charge is 2.12. The lowest BCUT2D eigenvalue weighted by Crippen LogP contribution is -2.13. The number of aryl methyl sites for hydroxylation is 1. The summed E-state index contributed by atoms with van der Waals surface area (Å²) >= 11 is 0. The van der Waals surface area contributed by atoms with Crippen molar-refractivity contribution in [3.63, 3.8) is 0 Å². The average molecular weight is 270 g/mol. The summed E-state index contributed by atoms with van der Waals surface area (Å²) in [7, 11) is -3.77. The van der Waals surface area contributed by atoms with E-state index in [1.54, 1.807) is 12.3 Å². The summed E-state index contributed by atoms with van der Waals surface area (Å²) in [6, 6.07) is 2.92. The number of primary sulfonamides is 1. The van der Waals surface area contributed by atoms with Crippen LogP contribution in [-0.2, 0) is 23.1 Å². The van der Waals surface area contributed by atoms with Crippen LogP contribution < -0.4 is 10.5 Å². The van der Waals surface area contributed by atoms with Crippen molar-refractivity contribution >= 4 is 10.0 Å². The lowest BCUT2D eigenvalue weighted by atomic mass is 10.2. The molecule has 0 aliphatic heterocycles. The fourth-order valence-electron chi connectivity index (χ4n) is 1.48. The van der Waals surface area contributed by atoms with E-state index in [9.17, 15) is 8.42 Å². The number of nitrogens with two attached hydrogens (primary N) is 1. The standard InChI is InChI=1S/C10H14N4O3S/c1-7-8(5-13-14-7)4-12-6-9-2-3-10(17-9)18(11,15)16/h2-3,5,12H,4,6H2,1H3,(H,13,14)(H2,11,15,16). The lowest BCUT2D eigenvalue weighted by Gasteiger charge is -2.01. The number of furan rings is 1. The minimum Gasteiger partial charge on any atom is -0.447 e. The highest BCUT2D eigenvalue weighted by atomic mass is 32.2. The number of nitrogens with one attached hydrogen (secondary N) is 2. The number of nitrogens with zero attached hydrogens (tertiary/aromatic N) is 1. The maximum Gasteiger partial charge on any atom is 0.271 e. The summed E-state index contributed by atoms with van der Waals surface area (Å²) < 4.78 is 27.1. The maximum atomic E-state index is 11.0. The third-order valence-electron chi connectivity index (χ3n) is 2.47. The third-order valence-corrected chi connectivity index (χ3v) is 3.25. The number of aromatic nitrogens is 2. The van der Waals surface area contributed by atoms with Gasteiger partial charge in [0.1, 0.15) is 5.76 Å². The molecule has 2 aromatic heterocycles. The normalized spacial score (nSPS) is 11.9. The van der Waals surface area contributed by atoms with Crippen LogP contribution in [0.4, 0.5) is 0 Å². The van der Waals surface area contributed by atoms with Gasteiger partial charge in [-0.15, -0.1) is 0 Å². The summed E-state index contributed by atoms with van der Waals surface area (Å²) in [5.41, 5.74) is 2.04. The van der Waals surface area contributed by atoms with Gasteiger partial charge in [0.2, 0.25) is 5.09 Å². The van der Waals surface area contributed by atoms with Gasteiger partial charge in [0.25, 0.3) is 10.0 Å². The SMILES string of the molecule is Cc1[nH]ncc1CNCc1ccc(S(N)(=O)=O)o1. The Bertz CT molecular complexity index is 629. The van der Waals surface area contributed by atoms with Gasteiger partial charge in [0, 0.05) is 17.8 Å². The zero-order chi connectivity index (χ0) is 13.2. The van der Waals surface area contributed by atoms with Gasteiger partial charge in [-0.1, -0.05) is 0 Å². The smallest absolute Gasteiger partial charge is 0.271 e. The number of sulfonamides is 1.